The van der Waals surface area contributed by atoms with Gasteiger partial charge in [0.15, 0.2) is 6.61 Å². The molecule has 3 rings (SSSR count). The van der Waals surface area contributed by atoms with Crippen molar-refractivity contribution in [3.8, 4) is 5.75 Å². The third-order valence-electron chi connectivity index (χ3n) is 4.04. The topological polar surface area (TPSA) is 94.8 Å². The highest BCUT2D eigenvalue weighted by Gasteiger charge is 2.12. The second kappa shape index (κ2) is 8.79. The van der Waals surface area contributed by atoms with Crippen LogP contribution in [0, 0.1) is 6.92 Å². The fourth-order valence-electron chi connectivity index (χ4n) is 2.67. The molecule has 0 fully saturated rings. The molecule has 8 heteroatoms. The number of anilines is 1. The third-order valence-corrected chi connectivity index (χ3v) is 4.34. The van der Waals surface area contributed by atoms with Gasteiger partial charge in [-0.3, -0.25) is 4.79 Å². The van der Waals surface area contributed by atoms with Crippen LogP contribution in [-0.2, 0) is 9.53 Å². The highest BCUT2D eigenvalue weighted by atomic mass is 35.5. The van der Waals surface area contributed by atoms with E-state index in [4.69, 9.17) is 25.5 Å². The van der Waals surface area contributed by atoms with Crippen LogP contribution >= 0.6 is 11.6 Å². The Morgan fingerprint density at radius 1 is 1.14 bits per heavy atom. The predicted molar refractivity (Wildman–Crippen MR) is 109 cm³/mol. The van der Waals surface area contributed by atoms with Crippen molar-refractivity contribution in [2.45, 2.75) is 13.8 Å². The summed E-state index contributed by atoms with van der Waals surface area (Å²) in [5.74, 6) is -0.627. The van der Waals surface area contributed by atoms with Gasteiger partial charge in [0, 0.05) is 23.2 Å². The molecule has 0 radical (unpaired) electrons. The Bertz CT molecular complexity index is 1120. The van der Waals surface area contributed by atoms with Crippen LogP contribution in [0.3, 0.4) is 0 Å². The molecule has 150 valence electrons. The normalized spacial score (nSPS) is 10.6. The molecule has 0 bridgehead atoms. The van der Waals surface area contributed by atoms with E-state index in [0.717, 1.165) is 5.56 Å². The van der Waals surface area contributed by atoms with Crippen LogP contribution in [-0.4, -0.2) is 25.1 Å². The molecule has 1 amide bonds. The van der Waals surface area contributed by atoms with Crippen molar-refractivity contribution in [2.24, 2.45) is 0 Å². The van der Waals surface area contributed by atoms with E-state index in [2.05, 4.69) is 5.32 Å². The first-order chi connectivity index (χ1) is 13.9. The Labute approximate surface area is 171 Å². The lowest BCUT2D eigenvalue weighted by atomic mass is 10.1. The number of amides is 1. The average molecular weight is 416 g/mol. The molecule has 1 aromatic heterocycles. The van der Waals surface area contributed by atoms with E-state index in [1.165, 1.54) is 12.1 Å². The number of carbonyl (C=O) groups excluding carboxylic acids is 2. The third kappa shape index (κ3) is 4.94. The van der Waals surface area contributed by atoms with E-state index in [1.807, 2.05) is 0 Å². The molecule has 1 heterocycles. The first-order valence-electron chi connectivity index (χ1n) is 8.81. The number of rotatable bonds is 6. The van der Waals surface area contributed by atoms with Crippen LogP contribution < -0.4 is 15.7 Å². The Balaban J connectivity index is 1.65. The summed E-state index contributed by atoms with van der Waals surface area (Å²) in [5.41, 5.74) is 1.46. The summed E-state index contributed by atoms with van der Waals surface area (Å²) in [7, 11) is 0. The second-order valence-electron chi connectivity index (χ2n) is 6.16. The maximum atomic E-state index is 12.1. The van der Waals surface area contributed by atoms with Crippen LogP contribution in [0.25, 0.3) is 11.0 Å². The molecule has 0 aliphatic carbocycles. The number of esters is 1. The van der Waals surface area contributed by atoms with E-state index in [-0.39, 0.29) is 19.0 Å². The highest BCUT2D eigenvalue weighted by molar-refractivity contribution is 6.32. The van der Waals surface area contributed by atoms with Crippen LogP contribution in [0.5, 0.6) is 5.75 Å². The molecule has 29 heavy (non-hydrogen) atoms. The van der Waals surface area contributed by atoms with Gasteiger partial charge in [0.05, 0.1) is 17.2 Å². The summed E-state index contributed by atoms with van der Waals surface area (Å²) >= 11 is 6.21. The number of carbonyl (C=O) groups is 2. The zero-order valence-corrected chi connectivity index (χ0v) is 16.5. The molecule has 0 atom stereocenters. The van der Waals surface area contributed by atoms with Crippen molar-refractivity contribution in [3.05, 3.63) is 69.0 Å². The van der Waals surface area contributed by atoms with Crippen molar-refractivity contribution in [2.75, 3.05) is 18.5 Å². The zero-order chi connectivity index (χ0) is 21.0. The Hall–Kier alpha value is -3.32. The van der Waals surface area contributed by atoms with Crippen LogP contribution in [0.15, 0.2) is 51.7 Å². The largest absolute Gasteiger partial charge is 0.482 e. The van der Waals surface area contributed by atoms with Crippen molar-refractivity contribution in [3.63, 3.8) is 0 Å². The van der Waals surface area contributed by atoms with Crippen molar-refractivity contribution in [1.29, 1.82) is 0 Å². The molecule has 0 aliphatic heterocycles. The molecule has 7 nitrogen and oxygen atoms in total. The van der Waals surface area contributed by atoms with Crippen LogP contribution in [0.4, 0.5) is 5.69 Å². The van der Waals surface area contributed by atoms with E-state index in [0.29, 0.717) is 27.2 Å². The highest BCUT2D eigenvalue weighted by Crippen LogP contribution is 2.31. The minimum atomic E-state index is -0.479. The van der Waals surface area contributed by atoms with Gasteiger partial charge in [-0.05, 0) is 49.7 Å². The summed E-state index contributed by atoms with van der Waals surface area (Å²) in [5, 5.41) is 3.63. The number of ether oxygens (including phenoxy) is 2. The van der Waals surface area contributed by atoms with Gasteiger partial charge in [-0.15, -0.1) is 0 Å². The molecule has 0 unspecified atom stereocenters. The van der Waals surface area contributed by atoms with Gasteiger partial charge in [0.2, 0.25) is 0 Å². The van der Waals surface area contributed by atoms with Gasteiger partial charge in [0.25, 0.3) is 5.91 Å². The van der Waals surface area contributed by atoms with E-state index >= 15 is 0 Å². The molecular weight excluding hydrogens is 398 g/mol. The molecular formula is C21H18ClNO6. The van der Waals surface area contributed by atoms with Gasteiger partial charge in [0.1, 0.15) is 11.3 Å². The van der Waals surface area contributed by atoms with Crippen molar-refractivity contribution in [1.82, 2.24) is 0 Å². The standard InChI is InChI=1S/C21H18ClNO6/c1-3-27-21(26)13-4-6-14(7-5-13)23-19(24)11-28-18-10-17-15(9-16(18)22)12(2)8-20(25)29-17/h4-10H,3,11H2,1-2H3,(H,23,24). The minimum Gasteiger partial charge on any atom is -0.482 e. The lowest BCUT2D eigenvalue weighted by Gasteiger charge is -2.10. The van der Waals surface area contributed by atoms with E-state index in [9.17, 15) is 14.4 Å². The number of nitrogens with one attached hydrogen (secondary N) is 1. The maximum absolute atomic E-state index is 12.1. The van der Waals surface area contributed by atoms with E-state index < -0.39 is 17.5 Å². The molecule has 0 saturated heterocycles. The number of fused-ring (bicyclic) bond motifs is 1. The molecule has 0 saturated carbocycles. The van der Waals surface area contributed by atoms with Crippen molar-refractivity contribution >= 4 is 40.1 Å². The summed E-state index contributed by atoms with van der Waals surface area (Å²) < 4.78 is 15.5. The number of benzene rings is 2. The number of hydrogen-bond acceptors (Lipinski definition) is 6. The fraction of sp³-hybridized carbons (Fsp3) is 0.190. The fourth-order valence-corrected chi connectivity index (χ4v) is 2.89. The van der Waals surface area contributed by atoms with Crippen LogP contribution in [0.1, 0.15) is 22.8 Å². The molecule has 3 aromatic rings. The van der Waals surface area contributed by atoms with Gasteiger partial charge >= 0.3 is 11.6 Å². The summed E-state index contributed by atoms with van der Waals surface area (Å²) in [6, 6.07) is 10.8. The SMILES string of the molecule is CCOC(=O)c1ccc(NC(=O)COc2cc3oc(=O)cc(C)c3cc2Cl)cc1. The van der Waals surface area contributed by atoms with Gasteiger partial charge in [-0.1, -0.05) is 11.6 Å². The predicted octanol–water partition coefficient (Wildman–Crippen LogP) is 3.95. The molecule has 0 spiro atoms. The van der Waals surface area contributed by atoms with Gasteiger partial charge in [-0.2, -0.15) is 0 Å². The zero-order valence-electron chi connectivity index (χ0n) is 15.8. The lowest BCUT2D eigenvalue weighted by Crippen LogP contribution is -2.20. The number of hydrogen-bond donors (Lipinski definition) is 1. The summed E-state index contributed by atoms with van der Waals surface area (Å²) in [6.07, 6.45) is 0. The molecule has 1 N–H and O–H groups in total. The van der Waals surface area contributed by atoms with Gasteiger partial charge in [-0.25, -0.2) is 9.59 Å². The second-order valence-corrected chi connectivity index (χ2v) is 6.57. The quantitative estimate of drug-likeness (QED) is 0.484. The number of halogens is 1. The Morgan fingerprint density at radius 3 is 2.55 bits per heavy atom. The average Bonchev–Trinajstić information content (AvgIpc) is 2.68. The maximum Gasteiger partial charge on any atom is 0.338 e. The molecule has 0 aliphatic rings. The first kappa shape index (κ1) is 20.4. The summed E-state index contributed by atoms with van der Waals surface area (Å²) in [6.45, 7) is 3.48. The van der Waals surface area contributed by atoms with Crippen LogP contribution in [0.2, 0.25) is 5.02 Å². The smallest absolute Gasteiger partial charge is 0.338 e. The monoisotopic (exact) mass is 415 g/mol. The Kier molecular flexibility index (Phi) is 6.19. The lowest BCUT2D eigenvalue weighted by molar-refractivity contribution is -0.118. The Morgan fingerprint density at radius 2 is 1.86 bits per heavy atom. The number of aryl methyl sites for hydroxylation is 1. The van der Waals surface area contributed by atoms with E-state index in [1.54, 1.807) is 44.2 Å². The summed E-state index contributed by atoms with van der Waals surface area (Å²) in [4.78, 5) is 35.3. The van der Waals surface area contributed by atoms with Gasteiger partial charge < -0.3 is 19.2 Å². The minimum absolute atomic E-state index is 0.223. The van der Waals surface area contributed by atoms with Crippen molar-refractivity contribution < 1.29 is 23.5 Å². The molecule has 2 aromatic carbocycles. The first-order valence-corrected chi connectivity index (χ1v) is 9.19.